The highest BCUT2D eigenvalue weighted by molar-refractivity contribution is 7.99. The molecule has 0 aliphatic carbocycles. The van der Waals surface area contributed by atoms with Gasteiger partial charge in [-0.15, -0.1) is 0 Å². The Morgan fingerprint density at radius 1 is 1.18 bits per heavy atom. The van der Waals surface area contributed by atoms with E-state index in [0.717, 1.165) is 28.9 Å². The normalized spacial score (nSPS) is 14.7. The number of para-hydroxylation sites is 2. The predicted molar refractivity (Wildman–Crippen MR) is 122 cm³/mol. The van der Waals surface area contributed by atoms with Crippen LogP contribution in [0, 0.1) is 19.1 Å². The number of pyridine rings is 1. The Morgan fingerprint density at radius 3 is 2.73 bits per heavy atom. The van der Waals surface area contributed by atoms with Crippen LogP contribution in [0.25, 0.3) is 0 Å². The minimum absolute atomic E-state index is 0.0565. The summed E-state index contributed by atoms with van der Waals surface area (Å²) in [5.74, 6) is 0.534. The molecule has 2 aromatic heterocycles. The maximum absolute atomic E-state index is 12.7. The summed E-state index contributed by atoms with van der Waals surface area (Å²) < 4.78 is 19.6. The molecule has 1 aliphatic rings. The van der Waals surface area contributed by atoms with Gasteiger partial charge in [0.25, 0.3) is 5.03 Å². The number of aryl methyl sites for hydroxylation is 1. The van der Waals surface area contributed by atoms with Crippen molar-refractivity contribution in [2.45, 2.75) is 31.5 Å². The topological polar surface area (TPSA) is 93.7 Å². The molecule has 0 spiro atoms. The number of carbonyl (C=O) groups excluding carboxylic acids is 2. The summed E-state index contributed by atoms with van der Waals surface area (Å²) in [6, 6.07) is 14.3. The van der Waals surface area contributed by atoms with Crippen LogP contribution in [0.1, 0.15) is 21.7 Å². The third-order valence-corrected chi connectivity index (χ3v) is 6.31. The highest BCUT2D eigenvalue weighted by Crippen LogP contribution is 2.31. The van der Waals surface area contributed by atoms with Crippen LogP contribution >= 0.6 is 11.8 Å². The molecule has 9 heteroatoms. The average molecular weight is 469 g/mol. The zero-order valence-electron chi connectivity index (χ0n) is 18.4. The number of rotatable bonds is 8. The van der Waals surface area contributed by atoms with Crippen molar-refractivity contribution in [3.05, 3.63) is 76.9 Å². The summed E-state index contributed by atoms with van der Waals surface area (Å²) in [7, 11) is 0. The Balaban J connectivity index is 1.33. The SMILES string of the molecule is Cc1cc(C(=O)COC(=O)CSc2cccc[n+]2[O-])c(C)n1CC1COc2ccccc2O1. The number of thioether (sulfide) groups is 1. The number of fused-ring (bicyclic) bond motifs is 1. The van der Waals surface area contributed by atoms with E-state index >= 15 is 0 Å². The van der Waals surface area contributed by atoms with Crippen molar-refractivity contribution in [1.29, 1.82) is 0 Å². The van der Waals surface area contributed by atoms with E-state index in [0.29, 0.717) is 34.2 Å². The van der Waals surface area contributed by atoms with E-state index in [1.54, 1.807) is 24.3 Å². The minimum atomic E-state index is -0.558. The second-order valence-corrected chi connectivity index (χ2v) is 8.63. The maximum atomic E-state index is 12.7. The molecule has 172 valence electrons. The van der Waals surface area contributed by atoms with Crippen molar-refractivity contribution >= 4 is 23.5 Å². The largest absolute Gasteiger partial charge is 0.618 e. The van der Waals surface area contributed by atoms with E-state index in [-0.39, 0.29) is 24.2 Å². The Kier molecular flexibility index (Phi) is 6.88. The van der Waals surface area contributed by atoms with Gasteiger partial charge < -0.3 is 24.0 Å². The van der Waals surface area contributed by atoms with E-state index in [2.05, 4.69) is 0 Å². The monoisotopic (exact) mass is 468 g/mol. The average Bonchev–Trinajstić information content (AvgIpc) is 3.10. The van der Waals surface area contributed by atoms with Crippen molar-refractivity contribution in [3.8, 4) is 11.5 Å². The molecule has 1 aromatic carbocycles. The first kappa shape index (κ1) is 22.7. The number of esters is 1. The van der Waals surface area contributed by atoms with Gasteiger partial charge in [-0.2, -0.15) is 4.73 Å². The summed E-state index contributed by atoms with van der Waals surface area (Å²) in [4.78, 5) is 24.8. The van der Waals surface area contributed by atoms with E-state index in [9.17, 15) is 14.8 Å². The molecular weight excluding hydrogens is 444 g/mol. The zero-order chi connectivity index (χ0) is 23.4. The van der Waals surface area contributed by atoms with Gasteiger partial charge in [-0.05, 0) is 49.9 Å². The van der Waals surface area contributed by atoms with Gasteiger partial charge in [0.2, 0.25) is 5.78 Å². The number of ether oxygens (including phenoxy) is 3. The number of nitrogens with zero attached hydrogens (tertiary/aromatic N) is 2. The molecule has 1 aliphatic heterocycles. The third-order valence-electron chi connectivity index (χ3n) is 5.32. The molecule has 0 saturated heterocycles. The Morgan fingerprint density at radius 2 is 1.94 bits per heavy atom. The van der Waals surface area contributed by atoms with Gasteiger partial charge in [-0.25, -0.2) is 0 Å². The lowest BCUT2D eigenvalue weighted by Crippen LogP contribution is -2.33. The highest BCUT2D eigenvalue weighted by atomic mass is 32.2. The third kappa shape index (κ3) is 5.31. The molecule has 0 N–H and O–H groups in total. The number of hydrogen-bond acceptors (Lipinski definition) is 7. The first-order valence-corrected chi connectivity index (χ1v) is 11.5. The standard InChI is InChI=1S/C24H24N2O6S/c1-16-11-19(20(27)14-31-24(28)15-33-23-9-5-6-10-26(23)29)17(2)25(16)12-18-13-30-21-7-3-4-8-22(21)32-18/h3-11,18H,12-15H2,1-2H3. The van der Waals surface area contributed by atoms with Gasteiger partial charge in [0.05, 0.1) is 6.54 Å². The van der Waals surface area contributed by atoms with Gasteiger partial charge in [0.15, 0.2) is 30.4 Å². The summed E-state index contributed by atoms with van der Waals surface area (Å²) in [5, 5.41) is 12.0. The van der Waals surface area contributed by atoms with Crippen LogP contribution in [0.3, 0.4) is 0 Å². The fourth-order valence-electron chi connectivity index (χ4n) is 3.64. The lowest BCUT2D eigenvalue weighted by Gasteiger charge is -2.27. The minimum Gasteiger partial charge on any atom is -0.618 e. The van der Waals surface area contributed by atoms with Crippen LogP contribution in [0.5, 0.6) is 11.5 Å². The smallest absolute Gasteiger partial charge is 0.316 e. The zero-order valence-corrected chi connectivity index (χ0v) is 19.2. The molecule has 3 heterocycles. The van der Waals surface area contributed by atoms with E-state index in [1.807, 2.05) is 42.7 Å². The van der Waals surface area contributed by atoms with Crippen LogP contribution in [0.15, 0.2) is 59.8 Å². The fraction of sp³-hybridized carbons (Fsp3) is 0.292. The first-order chi connectivity index (χ1) is 15.9. The summed E-state index contributed by atoms with van der Waals surface area (Å²) in [6.07, 6.45) is 1.17. The number of aromatic nitrogens is 2. The van der Waals surface area contributed by atoms with Crippen molar-refractivity contribution < 1.29 is 28.5 Å². The molecule has 1 atom stereocenters. The van der Waals surface area contributed by atoms with Gasteiger partial charge in [0.1, 0.15) is 12.4 Å². The number of carbonyl (C=O) groups is 2. The van der Waals surface area contributed by atoms with Gasteiger partial charge >= 0.3 is 5.97 Å². The molecular formula is C24H24N2O6S. The Hall–Kier alpha value is -3.46. The van der Waals surface area contributed by atoms with Crippen LogP contribution in [0.2, 0.25) is 0 Å². The fourth-order valence-corrected chi connectivity index (χ4v) is 4.36. The molecule has 0 fully saturated rings. The summed E-state index contributed by atoms with van der Waals surface area (Å²) in [5.41, 5.74) is 2.19. The molecule has 0 radical (unpaired) electrons. The predicted octanol–water partition coefficient (Wildman–Crippen LogP) is 3.10. The molecule has 3 aromatic rings. The van der Waals surface area contributed by atoms with E-state index < -0.39 is 5.97 Å². The second kappa shape index (κ2) is 9.99. The Bertz CT molecular complexity index is 1180. The van der Waals surface area contributed by atoms with Crippen molar-refractivity contribution in [1.82, 2.24) is 4.57 Å². The van der Waals surface area contributed by atoms with Crippen LogP contribution in [-0.2, 0) is 16.1 Å². The lowest BCUT2D eigenvalue weighted by molar-refractivity contribution is -0.645. The molecule has 0 bridgehead atoms. The molecule has 0 saturated carbocycles. The molecule has 1 unspecified atom stereocenters. The van der Waals surface area contributed by atoms with Crippen LogP contribution < -0.4 is 14.2 Å². The number of Topliss-reactive ketones (excluding diaryl/α,β-unsaturated/α-hetero) is 1. The quantitative estimate of drug-likeness (QED) is 0.165. The number of hydrogen-bond donors (Lipinski definition) is 0. The number of benzene rings is 1. The van der Waals surface area contributed by atoms with Gasteiger partial charge in [0, 0.05) is 29.1 Å². The van der Waals surface area contributed by atoms with E-state index in [4.69, 9.17) is 14.2 Å². The molecule has 33 heavy (non-hydrogen) atoms. The van der Waals surface area contributed by atoms with Gasteiger partial charge in [-0.3, -0.25) is 9.59 Å². The lowest BCUT2D eigenvalue weighted by atomic mass is 10.1. The van der Waals surface area contributed by atoms with Crippen LogP contribution in [0.4, 0.5) is 0 Å². The van der Waals surface area contributed by atoms with Crippen molar-refractivity contribution in [2.75, 3.05) is 19.0 Å². The second-order valence-electron chi connectivity index (χ2n) is 7.63. The highest BCUT2D eigenvalue weighted by Gasteiger charge is 2.24. The Labute approximate surface area is 195 Å². The molecule has 8 nitrogen and oxygen atoms in total. The van der Waals surface area contributed by atoms with Crippen molar-refractivity contribution in [2.24, 2.45) is 0 Å². The number of ketones is 1. The first-order valence-electron chi connectivity index (χ1n) is 10.5. The summed E-state index contributed by atoms with van der Waals surface area (Å²) >= 11 is 1.06. The van der Waals surface area contributed by atoms with Crippen molar-refractivity contribution in [3.63, 3.8) is 0 Å². The van der Waals surface area contributed by atoms with Gasteiger partial charge in [-0.1, -0.05) is 12.1 Å². The van der Waals surface area contributed by atoms with Crippen LogP contribution in [-0.4, -0.2) is 41.4 Å². The molecule has 4 rings (SSSR count). The maximum Gasteiger partial charge on any atom is 0.316 e. The summed E-state index contributed by atoms with van der Waals surface area (Å²) in [6.45, 7) is 4.37. The van der Waals surface area contributed by atoms with E-state index in [1.165, 1.54) is 6.20 Å². The molecule has 0 amide bonds.